The Morgan fingerprint density at radius 2 is 2.16 bits per heavy atom. The Morgan fingerprint density at radius 1 is 1.37 bits per heavy atom. The minimum absolute atomic E-state index is 1.03. The largest absolute Gasteiger partial charge is 0.346 e. The predicted molar refractivity (Wildman–Crippen MR) is 83.9 cm³/mol. The molecule has 0 N–H and O–H groups in total. The lowest BCUT2D eigenvalue weighted by molar-refractivity contribution is 0.261. The van der Waals surface area contributed by atoms with Gasteiger partial charge in [0.15, 0.2) is 5.13 Å². The first-order chi connectivity index (χ1) is 9.29. The van der Waals surface area contributed by atoms with Crippen molar-refractivity contribution in [1.29, 1.82) is 0 Å². The molecule has 1 fully saturated rings. The van der Waals surface area contributed by atoms with E-state index in [-0.39, 0.29) is 0 Å². The van der Waals surface area contributed by atoms with Crippen LogP contribution in [0.2, 0.25) is 0 Å². The second kappa shape index (κ2) is 7.26. The molecule has 1 aliphatic rings. The SMILES string of the molecule is C=CC=CC(=C)CCN1CCN(c2nccs2)CC1. The van der Waals surface area contributed by atoms with E-state index in [1.165, 1.54) is 5.57 Å². The van der Waals surface area contributed by atoms with Crippen LogP contribution >= 0.6 is 11.3 Å². The van der Waals surface area contributed by atoms with Gasteiger partial charge in [0.05, 0.1) is 0 Å². The van der Waals surface area contributed by atoms with Crippen molar-refractivity contribution in [3.05, 3.63) is 48.5 Å². The van der Waals surface area contributed by atoms with Gasteiger partial charge in [0.1, 0.15) is 0 Å². The van der Waals surface area contributed by atoms with Crippen LogP contribution in [0.5, 0.6) is 0 Å². The molecule has 0 spiro atoms. The van der Waals surface area contributed by atoms with Crippen LogP contribution < -0.4 is 4.90 Å². The summed E-state index contributed by atoms with van der Waals surface area (Å²) in [7, 11) is 0. The Kier molecular flexibility index (Phi) is 5.36. The van der Waals surface area contributed by atoms with Crippen LogP contribution in [0, 0.1) is 0 Å². The molecular weight excluding hydrogens is 254 g/mol. The maximum absolute atomic E-state index is 4.37. The first-order valence-corrected chi connectivity index (χ1v) is 7.51. The molecule has 102 valence electrons. The van der Waals surface area contributed by atoms with E-state index in [4.69, 9.17) is 0 Å². The Balaban J connectivity index is 1.70. The average molecular weight is 275 g/mol. The van der Waals surface area contributed by atoms with Crippen molar-refractivity contribution in [2.75, 3.05) is 37.6 Å². The number of thiazole rings is 1. The van der Waals surface area contributed by atoms with Gasteiger partial charge in [-0.3, -0.25) is 4.90 Å². The highest BCUT2D eigenvalue weighted by Gasteiger charge is 2.17. The fraction of sp³-hybridized carbons (Fsp3) is 0.400. The third-order valence-electron chi connectivity index (χ3n) is 3.28. The summed E-state index contributed by atoms with van der Waals surface area (Å²) >= 11 is 1.72. The minimum Gasteiger partial charge on any atom is -0.346 e. The zero-order valence-corrected chi connectivity index (χ0v) is 12.1. The molecule has 2 heterocycles. The van der Waals surface area contributed by atoms with Crippen molar-refractivity contribution in [2.45, 2.75) is 6.42 Å². The topological polar surface area (TPSA) is 19.4 Å². The zero-order valence-electron chi connectivity index (χ0n) is 11.3. The van der Waals surface area contributed by atoms with Crippen LogP contribution in [0.15, 0.2) is 48.5 Å². The maximum atomic E-state index is 4.37. The summed E-state index contributed by atoms with van der Waals surface area (Å²) in [6.07, 6.45) is 8.68. The zero-order chi connectivity index (χ0) is 13.5. The van der Waals surface area contributed by atoms with Crippen molar-refractivity contribution in [3.63, 3.8) is 0 Å². The van der Waals surface area contributed by atoms with Crippen LogP contribution in [0.1, 0.15) is 6.42 Å². The smallest absolute Gasteiger partial charge is 0.185 e. The summed E-state index contributed by atoms with van der Waals surface area (Å²) in [4.78, 5) is 9.23. The van der Waals surface area contributed by atoms with Crippen LogP contribution in [-0.2, 0) is 0 Å². The number of hydrogen-bond donors (Lipinski definition) is 0. The van der Waals surface area contributed by atoms with Crippen molar-refractivity contribution >= 4 is 16.5 Å². The molecule has 0 amide bonds. The number of rotatable bonds is 6. The molecule has 2 rings (SSSR count). The Bertz CT molecular complexity index is 428. The third-order valence-corrected chi connectivity index (χ3v) is 4.11. The number of aromatic nitrogens is 1. The van der Waals surface area contributed by atoms with E-state index in [0.717, 1.165) is 44.3 Å². The van der Waals surface area contributed by atoms with Gasteiger partial charge in [-0.15, -0.1) is 11.3 Å². The molecule has 0 saturated carbocycles. The number of piperazine rings is 1. The third kappa shape index (κ3) is 4.33. The summed E-state index contributed by atoms with van der Waals surface area (Å²) < 4.78 is 0. The average Bonchev–Trinajstić information content (AvgIpc) is 2.97. The second-order valence-corrected chi connectivity index (χ2v) is 5.52. The van der Waals surface area contributed by atoms with Gasteiger partial charge in [-0.25, -0.2) is 4.98 Å². The molecule has 0 unspecified atom stereocenters. The first-order valence-electron chi connectivity index (χ1n) is 6.63. The fourth-order valence-corrected chi connectivity index (χ4v) is 2.82. The normalized spacial score (nSPS) is 16.9. The van der Waals surface area contributed by atoms with Crippen molar-refractivity contribution in [3.8, 4) is 0 Å². The molecule has 1 aliphatic heterocycles. The molecule has 0 aromatic carbocycles. The van der Waals surface area contributed by atoms with Gasteiger partial charge in [0.25, 0.3) is 0 Å². The van der Waals surface area contributed by atoms with Crippen molar-refractivity contribution in [1.82, 2.24) is 9.88 Å². The monoisotopic (exact) mass is 275 g/mol. The lowest BCUT2D eigenvalue weighted by Crippen LogP contribution is -2.46. The number of nitrogens with zero attached hydrogens (tertiary/aromatic N) is 3. The quantitative estimate of drug-likeness (QED) is 0.744. The Hall–Kier alpha value is -1.39. The van der Waals surface area contributed by atoms with Gasteiger partial charge in [0.2, 0.25) is 0 Å². The van der Waals surface area contributed by atoms with E-state index in [9.17, 15) is 0 Å². The first kappa shape index (κ1) is 14.0. The number of hydrogen-bond acceptors (Lipinski definition) is 4. The lowest BCUT2D eigenvalue weighted by atomic mass is 10.2. The van der Waals surface area contributed by atoms with E-state index in [1.54, 1.807) is 17.4 Å². The molecule has 3 nitrogen and oxygen atoms in total. The Morgan fingerprint density at radius 3 is 2.79 bits per heavy atom. The van der Waals surface area contributed by atoms with Gasteiger partial charge in [-0.1, -0.05) is 37.0 Å². The van der Waals surface area contributed by atoms with E-state index >= 15 is 0 Å². The molecule has 0 radical (unpaired) electrons. The summed E-state index contributed by atoms with van der Waals surface area (Å²) in [6.45, 7) is 13.2. The number of allylic oxidation sites excluding steroid dienone is 3. The molecule has 1 aromatic rings. The molecule has 0 atom stereocenters. The fourth-order valence-electron chi connectivity index (χ4n) is 2.12. The van der Waals surface area contributed by atoms with Gasteiger partial charge >= 0.3 is 0 Å². The van der Waals surface area contributed by atoms with E-state index in [1.807, 2.05) is 23.7 Å². The molecule has 19 heavy (non-hydrogen) atoms. The molecule has 4 heteroatoms. The van der Waals surface area contributed by atoms with Gasteiger partial charge < -0.3 is 4.90 Å². The summed E-state index contributed by atoms with van der Waals surface area (Å²) in [5.41, 5.74) is 1.17. The summed E-state index contributed by atoms with van der Waals surface area (Å²) in [6, 6.07) is 0. The van der Waals surface area contributed by atoms with Crippen molar-refractivity contribution in [2.24, 2.45) is 0 Å². The Labute approximate surface area is 119 Å². The van der Waals surface area contributed by atoms with Crippen LogP contribution in [0.4, 0.5) is 5.13 Å². The molecule has 1 aromatic heterocycles. The highest BCUT2D eigenvalue weighted by atomic mass is 32.1. The van der Waals surface area contributed by atoms with Crippen LogP contribution in [0.3, 0.4) is 0 Å². The highest BCUT2D eigenvalue weighted by molar-refractivity contribution is 7.13. The molecular formula is C15H21N3S. The lowest BCUT2D eigenvalue weighted by Gasteiger charge is -2.34. The predicted octanol–water partition coefficient (Wildman–Crippen LogP) is 2.95. The highest BCUT2D eigenvalue weighted by Crippen LogP contribution is 2.19. The van der Waals surface area contributed by atoms with Crippen LogP contribution in [-0.4, -0.2) is 42.6 Å². The maximum Gasteiger partial charge on any atom is 0.185 e. The van der Waals surface area contributed by atoms with E-state index in [2.05, 4.69) is 27.9 Å². The summed E-state index contributed by atoms with van der Waals surface area (Å²) in [5.74, 6) is 0. The van der Waals surface area contributed by atoms with Gasteiger partial charge in [-0.2, -0.15) is 0 Å². The second-order valence-electron chi connectivity index (χ2n) is 4.65. The van der Waals surface area contributed by atoms with E-state index in [0.29, 0.717) is 0 Å². The molecule has 0 aliphatic carbocycles. The minimum atomic E-state index is 1.03. The number of anilines is 1. The van der Waals surface area contributed by atoms with Crippen molar-refractivity contribution < 1.29 is 0 Å². The van der Waals surface area contributed by atoms with E-state index < -0.39 is 0 Å². The standard InChI is InChI=1S/C15H21N3S/c1-3-4-5-14(2)6-8-17-9-11-18(12-10-17)15-16-7-13-19-15/h3-5,7,13H,1-2,6,8-12H2. The van der Waals surface area contributed by atoms with Gasteiger partial charge in [0, 0.05) is 44.3 Å². The summed E-state index contributed by atoms with van der Waals surface area (Å²) in [5, 5.41) is 3.19. The molecule has 0 bridgehead atoms. The van der Waals surface area contributed by atoms with Gasteiger partial charge in [-0.05, 0) is 6.42 Å². The van der Waals surface area contributed by atoms with Crippen LogP contribution in [0.25, 0.3) is 0 Å². The molecule has 1 saturated heterocycles.